The molecule has 0 fully saturated rings. The molecule has 0 amide bonds. The predicted molar refractivity (Wildman–Crippen MR) is 50.9 cm³/mol. The largest absolute Gasteiger partial charge is 0.294 e. The van der Waals surface area contributed by atoms with Gasteiger partial charge >= 0.3 is 0 Å². The minimum atomic E-state index is 0.261. The summed E-state index contributed by atoms with van der Waals surface area (Å²) in [6.07, 6.45) is 5.42. The van der Waals surface area contributed by atoms with E-state index in [0.29, 0.717) is 6.42 Å². The van der Waals surface area contributed by atoms with Gasteiger partial charge in [0.2, 0.25) is 0 Å². The van der Waals surface area contributed by atoms with Crippen molar-refractivity contribution in [3.8, 4) is 0 Å². The number of hydrogen-bond donors (Lipinski definition) is 0. The Balaban J connectivity index is 2.45. The van der Waals surface area contributed by atoms with Gasteiger partial charge in [-0.25, -0.2) is 0 Å². The second-order valence-electron chi connectivity index (χ2n) is 3.46. The van der Waals surface area contributed by atoms with Crippen molar-refractivity contribution < 1.29 is 4.79 Å². The molecule has 1 aliphatic rings. The molecular formula is C11H13NO. The van der Waals surface area contributed by atoms with E-state index in [1.165, 1.54) is 5.56 Å². The molecule has 13 heavy (non-hydrogen) atoms. The van der Waals surface area contributed by atoms with Gasteiger partial charge in [-0.15, -0.1) is 0 Å². The number of hydrogen-bond acceptors (Lipinski definition) is 2. The molecule has 0 unspecified atom stereocenters. The van der Waals surface area contributed by atoms with Gasteiger partial charge < -0.3 is 0 Å². The summed E-state index contributed by atoms with van der Waals surface area (Å²) in [6.45, 7) is 2.08. The highest BCUT2D eigenvalue weighted by molar-refractivity contribution is 5.98. The Morgan fingerprint density at radius 3 is 3.08 bits per heavy atom. The third-order valence-electron chi connectivity index (χ3n) is 2.56. The van der Waals surface area contributed by atoms with E-state index in [1.807, 2.05) is 0 Å². The average molecular weight is 175 g/mol. The Hall–Kier alpha value is -1.18. The van der Waals surface area contributed by atoms with E-state index < -0.39 is 0 Å². The number of Topliss-reactive ketones (excluding diaryl/α,β-unsaturated/α-hetero) is 1. The number of rotatable bonds is 1. The van der Waals surface area contributed by atoms with Crippen LogP contribution in [0, 0.1) is 0 Å². The lowest BCUT2D eigenvalue weighted by atomic mass is 9.91. The minimum absolute atomic E-state index is 0.261. The fourth-order valence-electron chi connectivity index (χ4n) is 1.77. The normalized spacial score (nSPS) is 15.6. The molecule has 0 saturated heterocycles. The van der Waals surface area contributed by atoms with Crippen LogP contribution in [0.4, 0.5) is 0 Å². The zero-order valence-electron chi connectivity index (χ0n) is 7.84. The smallest absolute Gasteiger partial charge is 0.164 e. The second-order valence-corrected chi connectivity index (χ2v) is 3.46. The van der Waals surface area contributed by atoms with E-state index in [1.54, 1.807) is 6.20 Å². The van der Waals surface area contributed by atoms with E-state index in [2.05, 4.69) is 18.0 Å². The van der Waals surface area contributed by atoms with Crippen molar-refractivity contribution in [2.24, 2.45) is 0 Å². The van der Waals surface area contributed by atoms with Crippen LogP contribution >= 0.6 is 0 Å². The van der Waals surface area contributed by atoms with Crippen molar-refractivity contribution in [2.45, 2.75) is 32.6 Å². The molecule has 0 radical (unpaired) electrons. The molecule has 0 spiro atoms. The molecule has 1 aromatic heterocycles. The average Bonchev–Trinajstić information content (AvgIpc) is 2.18. The van der Waals surface area contributed by atoms with Gasteiger partial charge in [-0.05, 0) is 30.9 Å². The first kappa shape index (κ1) is 8.42. The molecule has 1 heterocycles. The van der Waals surface area contributed by atoms with Crippen molar-refractivity contribution in [1.29, 1.82) is 0 Å². The van der Waals surface area contributed by atoms with Gasteiger partial charge in [0.15, 0.2) is 5.78 Å². The maximum absolute atomic E-state index is 11.4. The molecule has 1 aromatic rings. The molecule has 2 heteroatoms. The highest BCUT2D eigenvalue weighted by Gasteiger charge is 2.17. The summed E-state index contributed by atoms with van der Waals surface area (Å²) in [7, 11) is 0. The monoisotopic (exact) mass is 175 g/mol. The molecule has 2 nitrogen and oxygen atoms in total. The number of aromatic nitrogens is 1. The van der Waals surface area contributed by atoms with Crippen LogP contribution in [0.25, 0.3) is 0 Å². The summed E-state index contributed by atoms with van der Waals surface area (Å²) in [6, 6.07) is 2.08. The highest BCUT2D eigenvalue weighted by atomic mass is 16.1. The Bertz CT molecular complexity index is 344. The summed E-state index contributed by atoms with van der Waals surface area (Å²) < 4.78 is 0. The summed E-state index contributed by atoms with van der Waals surface area (Å²) in [5, 5.41) is 0. The Morgan fingerprint density at radius 2 is 2.31 bits per heavy atom. The molecule has 0 aliphatic heterocycles. The SMILES string of the molecule is CCc1cc2c(cn1)C(=O)CCC2. The van der Waals surface area contributed by atoms with Gasteiger partial charge in [0, 0.05) is 23.9 Å². The fraction of sp³-hybridized carbons (Fsp3) is 0.455. The summed E-state index contributed by atoms with van der Waals surface area (Å²) in [4.78, 5) is 15.7. The van der Waals surface area contributed by atoms with Crippen molar-refractivity contribution in [2.75, 3.05) is 0 Å². The first-order valence-electron chi connectivity index (χ1n) is 4.82. The number of aryl methyl sites for hydroxylation is 2. The molecule has 0 saturated carbocycles. The lowest BCUT2D eigenvalue weighted by molar-refractivity contribution is 0.0972. The van der Waals surface area contributed by atoms with Crippen LogP contribution in [0.3, 0.4) is 0 Å². The quantitative estimate of drug-likeness (QED) is 0.654. The summed E-state index contributed by atoms with van der Waals surface area (Å²) in [5.41, 5.74) is 3.14. The summed E-state index contributed by atoms with van der Waals surface area (Å²) >= 11 is 0. The Morgan fingerprint density at radius 1 is 1.46 bits per heavy atom. The summed E-state index contributed by atoms with van der Waals surface area (Å²) in [5.74, 6) is 0.261. The number of pyridine rings is 1. The molecule has 0 atom stereocenters. The molecule has 68 valence electrons. The van der Waals surface area contributed by atoms with Crippen molar-refractivity contribution >= 4 is 5.78 Å². The first-order chi connectivity index (χ1) is 6.31. The molecule has 0 bridgehead atoms. The van der Waals surface area contributed by atoms with Gasteiger partial charge in [0.1, 0.15) is 0 Å². The topological polar surface area (TPSA) is 30.0 Å². The zero-order chi connectivity index (χ0) is 9.26. The van der Waals surface area contributed by atoms with Gasteiger partial charge in [0.05, 0.1) is 0 Å². The predicted octanol–water partition coefficient (Wildman–Crippen LogP) is 2.16. The Kier molecular flexibility index (Phi) is 2.13. The fourth-order valence-corrected chi connectivity index (χ4v) is 1.77. The number of ketones is 1. The molecule has 0 aromatic carbocycles. The maximum Gasteiger partial charge on any atom is 0.164 e. The number of carbonyl (C=O) groups is 1. The van der Waals surface area contributed by atoms with Crippen LogP contribution in [-0.4, -0.2) is 10.8 Å². The molecule has 2 rings (SSSR count). The van der Waals surface area contributed by atoms with Crippen LogP contribution in [0.2, 0.25) is 0 Å². The first-order valence-corrected chi connectivity index (χ1v) is 4.82. The van der Waals surface area contributed by atoms with E-state index in [4.69, 9.17) is 0 Å². The van der Waals surface area contributed by atoms with Gasteiger partial charge in [0.25, 0.3) is 0 Å². The van der Waals surface area contributed by atoms with Crippen LogP contribution in [0.15, 0.2) is 12.3 Å². The van der Waals surface area contributed by atoms with Crippen LogP contribution < -0.4 is 0 Å². The lowest BCUT2D eigenvalue weighted by Gasteiger charge is -2.14. The standard InChI is InChI=1S/C11H13NO/c1-2-9-6-8-4-3-5-11(13)10(8)7-12-9/h6-7H,2-5H2,1H3. The van der Waals surface area contributed by atoms with E-state index in [-0.39, 0.29) is 5.78 Å². The van der Waals surface area contributed by atoms with Crippen LogP contribution in [0.1, 0.15) is 41.4 Å². The highest BCUT2D eigenvalue weighted by Crippen LogP contribution is 2.20. The number of carbonyl (C=O) groups excluding carboxylic acids is 1. The van der Waals surface area contributed by atoms with Crippen molar-refractivity contribution in [1.82, 2.24) is 4.98 Å². The van der Waals surface area contributed by atoms with Crippen LogP contribution in [-0.2, 0) is 12.8 Å². The molecule has 0 N–H and O–H groups in total. The maximum atomic E-state index is 11.4. The third-order valence-corrected chi connectivity index (χ3v) is 2.56. The minimum Gasteiger partial charge on any atom is -0.294 e. The Labute approximate surface area is 78.0 Å². The zero-order valence-corrected chi connectivity index (χ0v) is 7.84. The van der Waals surface area contributed by atoms with Crippen molar-refractivity contribution in [3.63, 3.8) is 0 Å². The third kappa shape index (κ3) is 1.48. The van der Waals surface area contributed by atoms with E-state index >= 15 is 0 Å². The van der Waals surface area contributed by atoms with E-state index in [9.17, 15) is 4.79 Å². The van der Waals surface area contributed by atoms with Gasteiger partial charge in [-0.1, -0.05) is 6.92 Å². The van der Waals surface area contributed by atoms with Gasteiger partial charge in [-0.3, -0.25) is 9.78 Å². The van der Waals surface area contributed by atoms with Crippen molar-refractivity contribution in [3.05, 3.63) is 29.1 Å². The second kappa shape index (κ2) is 3.29. The van der Waals surface area contributed by atoms with Gasteiger partial charge in [-0.2, -0.15) is 0 Å². The lowest BCUT2D eigenvalue weighted by Crippen LogP contribution is -2.11. The van der Waals surface area contributed by atoms with E-state index in [0.717, 1.165) is 30.5 Å². The van der Waals surface area contributed by atoms with Crippen LogP contribution in [0.5, 0.6) is 0 Å². The molecule has 1 aliphatic carbocycles. The number of fused-ring (bicyclic) bond motifs is 1. The number of nitrogens with zero attached hydrogens (tertiary/aromatic N) is 1. The molecular weight excluding hydrogens is 162 g/mol.